The van der Waals surface area contributed by atoms with Crippen LogP contribution in [0.4, 0.5) is 0 Å². The molecular formula is C13H15ClN4O. The number of aromatic nitrogens is 2. The molecule has 6 heteroatoms. The van der Waals surface area contributed by atoms with Crippen LogP contribution in [0.3, 0.4) is 0 Å². The fourth-order valence-electron chi connectivity index (χ4n) is 2.10. The van der Waals surface area contributed by atoms with Crippen molar-refractivity contribution in [2.24, 2.45) is 0 Å². The first kappa shape index (κ1) is 12.6. The molecule has 0 amide bonds. The zero-order valence-corrected chi connectivity index (χ0v) is 11.2. The van der Waals surface area contributed by atoms with E-state index in [2.05, 4.69) is 20.4 Å². The molecule has 2 aromatic rings. The van der Waals surface area contributed by atoms with Crippen molar-refractivity contribution >= 4 is 11.6 Å². The SMILES string of the molecule is Clc1ccc(-c2nc(CN3CCNCC3)no2)cc1. The van der Waals surface area contributed by atoms with Crippen molar-refractivity contribution in [3.05, 3.63) is 35.1 Å². The van der Waals surface area contributed by atoms with Crippen LogP contribution in [-0.2, 0) is 6.54 Å². The molecule has 0 saturated carbocycles. The van der Waals surface area contributed by atoms with Crippen molar-refractivity contribution in [2.45, 2.75) is 6.54 Å². The summed E-state index contributed by atoms with van der Waals surface area (Å²) in [5.41, 5.74) is 0.892. The Bertz CT molecular complexity index is 534. The standard InChI is InChI=1S/C13H15ClN4O/c14-11-3-1-10(2-4-11)13-16-12(17-19-13)9-18-7-5-15-6-8-18/h1-4,15H,5-9H2. The molecule has 1 aromatic carbocycles. The lowest BCUT2D eigenvalue weighted by Gasteiger charge is -2.25. The molecule has 5 nitrogen and oxygen atoms in total. The van der Waals surface area contributed by atoms with Gasteiger partial charge in [0.25, 0.3) is 5.89 Å². The number of nitrogens with zero attached hydrogens (tertiary/aromatic N) is 3. The van der Waals surface area contributed by atoms with Gasteiger partial charge in [-0.25, -0.2) is 0 Å². The zero-order valence-electron chi connectivity index (χ0n) is 10.5. The van der Waals surface area contributed by atoms with Gasteiger partial charge in [0.15, 0.2) is 5.82 Å². The number of piperazine rings is 1. The van der Waals surface area contributed by atoms with Crippen LogP contribution in [0, 0.1) is 0 Å². The van der Waals surface area contributed by atoms with Gasteiger partial charge in [-0.1, -0.05) is 16.8 Å². The van der Waals surface area contributed by atoms with Crippen molar-refractivity contribution in [3.8, 4) is 11.5 Å². The third kappa shape index (κ3) is 3.12. The van der Waals surface area contributed by atoms with Gasteiger partial charge in [0.05, 0.1) is 6.54 Å². The van der Waals surface area contributed by atoms with Crippen LogP contribution >= 0.6 is 11.6 Å². The molecular weight excluding hydrogens is 264 g/mol. The number of hydrogen-bond acceptors (Lipinski definition) is 5. The maximum atomic E-state index is 5.85. The van der Waals surface area contributed by atoms with Crippen LogP contribution in [0.15, 0.2) is 28.8 Å². The molecule has 0 unspecified atom stereocenters. The molecule has 1 aliphatic heterocycles. The van der Waals surface area contributed by atoms with Gasteiger partial charge in [0.2, 0.25) is 0 Å². The predicted molar refractivity (Wildman–Crippen MR) is 72.9 cm³/mol. The van der Waals surface area contributed by atoms with E-state index in [-0.39, 0.29) is 0 Å². The Labute approximate surface area is 116 Å². The van der Waals surface area contributed by atoms with Gasteiger partial charge >= 0.3 is 0 Å². The average molecular weight is 279 g/mol. The molecule has 3 rings (SSSR count). The molecule has 1 fully saturated rings. The minimum Gasteiger partial charge on any atom is -0.334 e. The summed E-state index contributed by atoms with van der Waals surface area (Å²) >= 11 is 5.85. The number of hydrogen-bond donors (Lipinski definition) is 1. The lowest BCUT2D eigenvalue weighted by atomic mass is 10.2. The number of nitrogens with one attached hydrogen (secondary N) is 1. The van der Waals surface area contributed by atoms with E-state index in [9.17, 15) is 0 Å². The highest BCUT2D eigenvalue weighted by atomic mass is 35.5. The minimum atomic E-state index is 0.543. The third-order valence-electron chi connectivity index (χ3n) is 3.13. The highest BCUT2D eigenvalue weighted by Gasteiger charge is 2.14. The number of benzene rings is 1. The maximum Gasteiger partial charge on any atom is 0.257 e. The lowest BCUT2D eigenvalue weighted by molar-refractivity contribution is 0.225. The molecule has 1 aliphatic rings. The summed E-state index contributed by atoms with van der Waals surface area (Å²) in [7, 11) is 0. The van der Waals surface area contributed by atoms with E-state index in [0.717, 1.165) is 44.1 Å². The first-order valence-corrected chi connectivity index (χ1v) is 6.71. The molecule has 0 radical (unpaired) electrons. The summed E-state index contributed by atoms with van der Waals surface area (Å²) in [5.74, 6) is 1.27. The van der Waals surface area contributed by atoms with Gasteiger partial charge in [0, 0.05) is 36.8 Å². The second-order valence-electron chi connectivity index (χ2n) is 4.55. The molecule has 1 saturated heterocycles. The van der Waals surface area contributed by atoms with E-state index in [4.69, 9.17) is 16.1 Å². The first-order valence-electron chi connectivity index (χ1n) is 6.33. The average Bonchev–Trinajstić information content (AvgIpc) is 2.89. The van der Waals surface area contributed by atoms with Crippen LogP contribution in [0.2, 0.25) is 5.02 Å². The van der Waals surface area contributed by atoms with E-state index >= 15 is 0 Å². The highest BCUT2D eigenvalue weighted by Crippen LogP contribution is 2.19. The Morgan fingerprint density at radius 2 is 1.95 bits per heavy atom. The minimum absolute atomic E-state index is 0.543. The van der Waals surface area contributed by atoms with Gasteiger partial charge in [-0.3, -0.25) is 4.90 Å². The normalized spacial score (nSPS) is 16.7. The Morgan fingerprint density at radius 3 is 2.68 bits per heavy atom. The van der Waals surface area contributed by atoms with Gasteiger partial charge in [0.1, 0.15) is 0 Å². The van der Waals surface area contributed by atoms with Crippen LogP contribution in [-0.4, -0.2) is 41.2 Å². The molecule has 19 heavy (non-hydrogen) atoms. The molecule has 2 heterocycles. The highest BCUT2D eigenvalue weighted by molar-refractivity contribution is 6.30. The van der Waals surface area contributed by atoms with E-state index in [0.29, 0.717) is 10.9 Å². The largest absolute Gasteiger partial charge is 0.334 e. The molecule has 1 N–H and O–H groups in total. The Morgan fingerprint density at radius 1 is 1.21 bits per heavy atom. The third-order valence-corrected chi connectivity index (χ3v) is 3.39. The van der Waals surface area contributed by atoms with Crippen molar-refractivity contribution in [1.82, 2.24) is 20.4 Å². The van der Waals surface area contributed by atoms with Crippen LogP contribution in [0.25, 0.3) is 11.5 Å². The lowest BCUT2D eigenvalue weighted by Crippen LogP contribution is -2.43. The Hall–Kier alpha value is -1.43. The van der Waals surface area contributed by atoms with Crippen molar-refractivity contribution < 1.29 is 4.52 Å². The quantitative estimate of drug-likeness (QED) is 0.928. The smallest absolute Gasteiger partial charge is 0.257 e. The summed E-state index contributed by atoms with van der Waals surface area (Å²) in [6.07, 6.45) is 0. The topological polar surface area (TPSA) is 54.2 Å². The van der Waals surface area contributed by atoms with Gasteiger partial charge in [-0.05, 0) is 24.3 Å². The van der Waals surface area contributed by atoms with Gasteiger partial charge in [-0.15, -0.1) is 0 Å². The molecule has 0 atom stereocenters. The summed E-state index contributed by atoms with van der Waals surface area (Å²) in [4.78, 5) is 6.73. The summed E-state index contributed by atoms with van der Waals surface area (Å²) in [5, 5.41) is 8.04. The van der Waals surface area contributed by atoms with E-state index in [1.807, 2.05) is 24.3 Å². The van der Waals surface area contributed by atoms with Crippen LogP contribution < -0.4 is 5.32 Å². The Balaban J connectivity index is 1.70. The molecule has 0 spiro atoms. The van der Waals surface area contributed by atoms with Crippen molar-refractivity contribution in [3.63, 3.8) is 0 Å². The molecule has 100 valence electrons. The summed E-state index contributed by atoms with van der Waals surface area (Å²) in [6, 6.07) is 7.39. The zero-order chi connectivity index (χ0) is 13.1. The Kier molecular flexibility index (Phi) is 3.77. The van der Waals surface area contributed by atoms with E-state index in [1.54, 1.807) is 0 Å². The summed E-state index contributed by atoms with van der Waals surface area (Å²) in [6.45, 7) is 4.80. The fraction of sp³-hybridized carbons (Fsp3) is 0.385. The summed E-state index contributed by atoms with van der Waals surface area (Å²) < 4.78 is 5.29. The molecule has 0 aliphatic carbocycles. The maximum absolute atomic E-state index is 5.85. The van der Waals surface area contributed by atoms with E-state index < -0.39 is 0 Å². The van der Waals surface area contributed by atoms with Crippen molar-refractivity contribution in [1.29, 1.82) is 0 Å². The van der Waals surface area contributed by atoms with Gasteiger partial charge < -0.3 is 9.84 Å². The number of halogens is 1. The van der Waals surface area contributed by atoms with E-state index in [1.165, 1.54) is 0 Å². The first-order chi connectivity index (χ1) is 9.31. The van der Waals surface area contributed by atoms with Crippen molar-refractivity contribution in [2.75, 3.05) is 26.2 Å². The monoisotopic (exact) mass is 278 g/mol. The van der Waals surface area contributed by atoms with Gasteiger partial charge in [-0.2, -0.15) is 4.98 Å². The molecule has 0 bridgehead atoms. The van der Waals surface area contributed by atoms with Crippen LogP contribution in [0.5, 0.6) is 0 Å². The predicted octanol–water partition coefficient (Wildman–Crippen LogP) is 1.80. The number of rotatable bonds is 3. The second-order valence-corrected chi connectivity index (χ2v) is 4.99. The molecule has 1 aromatic heterocycles. The fourth-order valence-corrected chi connectivity index (χ4v) is 2.22. The van der Waals surface area contributed by atoms with Crippen LogP contribution in [0.1, 0.15) is 5.82 Å². The second kappa shape index (κ2) is 5.69.